The van der Waals surface area contributed by atoms with E-state index in [1.807, 2.05) is 0 Å². The van der Waals surface area contributed by atoms with Gasteiger partial charge in [-0.2, -0.15) is 5.10 Å². The Morgan fingerprint density at radius 3 is 2.63 bits per heavy atom. The average Bonchev–Trinajstić information content (AvgIpc) is 2.81. The summed E-state index contributed by atoms with van der Waals surface area (Å²) in [5, 5.41) is 12.8. The molecule has 0 atom stereocenters. The lowest BCUT2D eigenvalue weighted by Crippen LogP contribution is -2.09. The molecule has 0 aliphatic carbocycles. The lowest BCUT2D eigenvalue weighted by molar-refractivity contribution is 0.0658. The van der Waals surface area contributed by atoms with Gasteiger partial charge < -0.3 is 9.84 Å². The number of para-hydroxylation sites is 1. The van der Waals surface area contributed by atoms with Crippen LogP contribution in [0, 0.1) is 0 Å². The summed E-state index contributed by atoms with van der Waals surface area (Å²) in [4.78, 5) is 11.0. The van der Waals surface area contributed by atoms with E-state index >= 15 is 0 Å². The first-order chi connectivity index (χ1) is 9.08. The zero-order chi connectivity index (χ0) is 13.8. The lowest BCUT2D eigenvalue weighted by atomic mass is 10.3. The van der Waals surface area contributed by atoms with E-state index in [2.05, 4.69) is 5.10 Å². The van der Waals surface area contributed by atoms with Gasteiger partial charge in [0, 0.05) is 0 Å². The molecule has 0 radical (unpaired) electrons. The molecule has 0 saturated carbocycles. The highest BCUT2D eigenvalue weighted by Crippen LogP contribution is 2.20. The molecule has 5 nitrogen and oxygen atoms in total. The second-order valence-corrected chi connectivity index (χ2v) is 3.63. The van der Waals surface area contributed by atoms with Gasteiger partial charge in [-0.25, -0.2) is 18.3 Å². The fourth-order valence-corrected chi connectivity index (χ4v) is 1.48. The minimum absolute atomic E-state index is 0.184. The highest BCUT2D eigenvalue weighted by Gasteiger charge is 2.19. The lowest BCUT2D eigenvalue weighted by Gasteiger charge is -2.02. The van der Waals surface area contributed by atoms with Crippen LogP contribution in [0.2, 0.25) is 0 Å². The first kappa shape index (κ1) is 13.0. The molecule has 0 unspecified atom stereocenters. The summed E-state index contributed by atoms with van der Waals surface area (Å²) in [5.74, 6) is -1.52. The molecule has 0 aliphatic rings. The molecule has 19 heavy (non-hydrogen) atoms. The molecular weight excluding hydrogens is 258 g/mol. The van der Waals surface area contributed by atoms with Gasteiger partial charge in [0.2, 0.25) is 5.69 Å². The van der Waals surface area contributed by atoms with Crippen molar-refractivity contribution < 1.29 is 23.4 Å². The normalized spacial score (nSPS) is 10.7. The van der Waals surface area contributed by atoms with E-state index in [4.69, 9.17) is 9.84 Å². The van der Waals surface area contributed by atoms with E-state index < -0.39 is 24.7 Å². The van der Waals surface area contributed by atoms with Crippen LogP contribution in [0.3, 0.4) is 0 Å². The second-order valence-electron chi connectivity index (χ2n) is 3.63. The second kappa shape index (κ2) is 5.47. The van der Waals surface area contributed by atoms with Crippen LogP contribution in [0.4, 0.5) is 8.78 Å². The van der Waals surface area contributed by atoms with Crippen LogP contribution >= 0.6 is 0 Å². The summed E-state index contributed by atoms with van der Waals surface area (Å²) in [6, 6.07) is 8.69. The zero-order valence-corrected chi connectivity index (χ0v) is 9.66. The maximum atomic E-state index is 12.1. The number of hydrogen-bond acceptors (Lipinski definition) is 3. The Labute approximate surface area is 107 Å². The molecule has 0 bridgehead atoms. The summed E-state index contributed by atoms with van der Waals surface area (Å²) in [5.41, 5.74) is 0.210. The smallest absolute Gasteiger partial charge is 0.360 e. The van der Waals surface area contributed by atoms with Gasteiger partial charge >= 0.3 is 5.97 Å². The van der Waals surface area contributed by atoms with Crippen molar-refractivity contribution in [2.24, 2.45) is 0 Å². The van der Waals surface area contributed by atoms with Crippen molar-refractivity contribution in [3.8, 4) is 11.4 Å². The van der Waals surface area contributed by atoms with Gasteiger partial charge in [-0.1, -0.05) is 18.2 Å². The fourth-order valence-electron chi connectivity index (χ4n) is 1.48. The summed E-state index contributed by atoms with van der Waals surface area (Å²) in [6.07, 6.45) is -1.41. The number of nitrogens with zero attached hydrogens (tertiary/aromatic N) is 2. The predicted octanol–water partition coefficient (Wildman–Crippen LogP) is 2.21. The molecule has 0 spiro atoms. The van der Waals surface area contributed by atoms with Gasteiger partial charge in [-0.05, 0) is 12.1 Å². The van der Waals surface area contributed by atoms with Gasteiger partial charge in [-0.15, -0.1) is 0 Å². The van der Waals surface area contributed by atoms with E-state index in [1.54, 1.807) is 30.3 Å². The summed E-state index contributed by atoms with van der Waals surface area (Å²) in [6.45, 7) is -0.874. The van der Waals surface area contributed by atoms with Gasteiger partial charge in [-0.3, -0.25) is 0 Å². The highest BCUT2D eigenvalue weighted by molar-refractivity contribution is 5.88. The Morgan fingerprint density at radius 2 is 2.05 bits per heavy atom. The van der Waals surface area contributed by atoms with Gasteiger partial charge in [0.05, 0.1) is 11.9 Å². The molecule has 1 heterocycles. The Hall–Kier alpha value is -2.44. The van der Waals surface area contributed by atoms with Crippen molar-refractivity contribution in [2.75, 3.05) is 6.61 Å². The molecule has 1 aromatic carbocycles. The SMILES string of the molecule is O=C(O)c1nn(-c2ccccc2)cc1OCC(F)F. The number of aromatic nitrogens is 2. The first-order valence-corrected chi connectivity index (χ1v) is 5.37. The molecule has 100 valence electrons. The van der Waals surface area contributed by atoms with E-state index in [9.17, 15) is 13.6 Å². The maximum absolute atomic E-state index is 12.1. The Kier molecular flexibility index (Phi) is 3.74. The van der Waals surface area contributed by atoms with Crippen LogP contribution in [-0.4, -0.2) is 33.9 Å². The third-order valence-electron chi connectivity index (χ3n) is 2.27. The standard InChI is InChI=1S/C12H10F2N2O3/c13-10(14)7-19-9-6-16(15-11(9)12(17)18)8-4-2-1-3-5-8/h1-6,10H,7H2,(H,17,18). The van der Waals surface area contributed by atoms with Crippen LogP contribution in [0.25, 0.3) is 5.69 Å². The van der Waals surface area contributed by atoms with Crippen molar-refractivity contribution in [3.05, 3.63) is 42.2 Å². The van der Waals surface area contributed by atoms with Gasteiger partial charge in [0.1, 0.15) is 6.61 Å². The topological polar surface area (TPSA) is 64.3 Å². The molecule has 7 heteroatoms. The molecule has 1 N–H and O–H groups in total. The van der Waals surface area contributed by atoms with E-state index in [-0.39, 0.29) is 5.75 Å². The number of alkyl halides is 2. The molecule has 2 aromatic rings. The number of carboxylic acid groups (broad SMARTS) is 1. The van der Waals surface area contributed by atoms with Crippen LogP contribution in [0.15, 0.2) is 36.5 Å². The van der Waals surface area contributed by atoms with Crippen molar-refractivity contribution in [3.63, 3.8) is 0 Å². The predicted molar refractivity (Wildman–Crippen MR) is 62.0 cm³/mol. The number of carbonyl (C=O) groups is 1. The minimum Gasteiger partial charge on any atom is -0.483 e. The third kappa shape index (κ3) is 3.06. The molecule has 0 amide bonds. The number of ether oxygens (including phenoxy) is 1. The quantitative estimate of drug-likeness (QED) is 0.903. The van der Waals surface area contributed by atoms with E-state index in [1.165, 1.54) is 10.9 Å². The first-order valence-electron chi connectivity index (χ1n) is 5.37. The van der Waals surface area contributed by atoms with Crippen LogP contribution in [-0.2, 0) is 0 Å². The van der Waals surface area contributed by atoms with Crippen LogP contribution < -0.4 is 4.74 Å². The minimum atomic E-state index is -2.68. The summed E-state index contributed by atoms with van der Waals surface area (Å²) in [7, 11) is 0. The largest absolute Gasteiger partial charge is 0.483 e. The summed E-state index contributed by atoms with van der Waals surface area (Å²) >= 11 is 0. The Bertz CT molecular complexity index is 570. The molecular formula is C12H10F2N2O3. The van der Waals surface area contributed by atoms with Gasteiger partial charge in [0.15, 0.2) is 5.75 Å². The molecule has 1 aromatic heterocycles. The van der Waals surface area contributed by atoms with Gasteiger partial charge in [0.25, 0.3) is 6.43 Å². The van der Waals surface area contributed by atoms with E-state index in [0.717, 1.165) is 0 Å². The number of rotatable bonds is 5. The Morgan fingerprint density at radius 1 is 1.37 bits per heavy atom. The molecule has 2 rings (SSSR count). The molecule has 0 fully saturated rings. The monoisotopic (exact) mass is 268 g/mol. The average molecular weight is 268 g/mol. The third-order valence-corrected chi connectivity index (χ3v) is 2.27. The maximum Gasteiger partial charge on any atom is 0.360 e. The zero-order valence-electron chi connectivity index (χ0n) is 9.66. The highest BCUT2D eigenvalue weighted by atomic mass is 19.3. The van der Waals surface area contributed by atoms with Crippen LogP contribution in [0.1, 0.15) is 10.5 Å². The fraction of sp³-hybridized carbons (Fsp3) is 0.167. The number of halogens is 2. The van der Waals surface area contributed by atoms with Crippen molar-refractivity contribution in [1.82, 2.24) is 9.78 Å². The number of hydrogen-bond donors (Lipinski definition) is 1. The number of aromatic carboxylic acids is 1. The molecule has 0 aliphatic heterocycles. The molecule has 0 saturated heterocycles. The number of benzene rings is 1. The van der Waals surface area contributed by atoms with Crippen molar-refractivity contribution in [1.29, 1.82) is 0 Å². The number of carboxylic acids is 1. The van der Waals surface area contributed by atoms with Crippen molar-refractivity contribution >= 4 is 5.97 Å². The van der Waals surface area contributed by atoms with Crippen molar-refractivity contribution in [2.45, 2.75) is 6.43 Å². The Balaban J connectivity index is 2.32. The van der Waals surface area contributed by atoms with E-state index in [0.29, 0.717) is 5.69 Å². The van der Waals surface area contributed by atoms with Crippen LogP contribution in [0.5, 0.6) is 5.75 Å². The summed E-state index contributed by atoms with van der Waals surface area (Å²) < 4.78 is 30.2.